The molecule has 2 nitrogen and oxygen atoms in total. The molecule has 0 saturated carbocycles. The molecule has 1 aliphatic heterocycles. The lowest BCUT2D eigenvalue weighted by Gasteiger charge is -2.31. The number of rotatable bonds is 1. The van der Waals surface area contributed by atoms with Crippen molar-refractivity contribution in [1.82, 2.24) is 0 Å². The van der Waals surface area contributed by atoms with Crippen LogP contribution in [0.25, 0.3) is 0 Å². The second kappa shape index (κ2) is 5.52. The van der Waals surface area contributed by atoms with Crippen LogP contribution in [0.4, 0.5) is 24.5 Å². The third-order valence-corrected chi connectivity index (χ3v) is 4.58. The topological polar surface area (TPSA) is 20.3 Å². The quantitative estimate of drug-likeness (QED) is 0.673. The minimum atomic E-state index is -4.47. The first kappa shape index (κ1) is 15.2. The van der Waals surface area contributed by atoms with Gasteiger partial charge in [0, 0.05) is 9.79 Å². The van der Waals surface area contributed by atoms with E-state index in [0.29, 0.717) is 10.6 Å². The van der Waals surface area contributed by atoms with E-state index in [1.54, 1.807) is 12.1 Å². The predicted octanol–water partition coefficient (Wildman–Crippen LogP) is 5.07. The van der Waals surface area contributed by atoms with Crippen LogP contribution in [0.2, 0.25) is 0 Å². The number of amides is 1. The van der Waals surface area contributed by atoms with Crippen LogP contribution in [-0.4, -0.2) is 11.8 Å². The van der Waals surface area contributed by atoms with E-state index < -0.39 is 17.6 Å². The zero-order valence-electron chi connectivity index (χ0n) is 11.0. The van der Waals surface area contributed by atoms with E-state index in [9.17, 15) is 18.0 Å². The zero-order chi connectivity index (χ0) is 15.9. The number of halogens is 4. The van der Waals surface area contributed by atoms with Gasteiger partial charge in [-0.3, -0.25) is 9.69 Å². The molecular weight excluding hydrogens is 335 g/mol. The Kier molecular flexibility index (Phi) is 3.82. The second-order valence-electron chi connectivity index (χ2n) is 4.61. The first-order valence-electron chi connectivity index (χ1n) is 6.29. The monoisotopic (exact) mass is 343 g/mol. The summed E-state index contributed by atoms with van der Waals surface area (Å²) in [6.07, 6.45) is -4.47. The molecule has 0 spiro atoms. The van der Waals surface area contributed by atoms with E-state index in [1.807, 2.05) is 12.1 Å². The largest absolute Gasteiger partial charge is 0.416 e. The Bertz CT molecular complexity index is 748. The summed E-state index contributed by atoms with van der Waals surface area (Å²) in [4.78, 5) is 14.8. The lowest BCUT2D eigenvalue weighted by Crippen LogP contribution is -2.29. The molecule has 0 saturated heterocycles. The van der Waals surface area contributed by atoms with Crippen molar-refractivity contribution in [2.45, 2.75) is 16.0 Å². The summed E-state index contributed by atoms with van der Waals surface area (Å²) in [5, 5.41) is 0. The fourth-order valence-corrected chi connectivity index (χ4v) is 3.42. The van der Waals surface area contributed by atoms with Gasteiger partial charge < -0.3 is 0 Å². The molecule has 3 rings (SSSR count). The Morgan fingerprint density at radius 3 is 2.45 bits per heavy atom. The Labute approximate surface area is 133 Å². The highest BCUT2D eigenvalue weighted by Gasteiger charge is 2.34. The Balaban J connectivity index is 2.19. The normalized spacial score (nSPS) is 13.5. The number of hydrogen-bond acceptors (Lipinski definition) is 2. The molecule has 0 bridgehead atoms. The van der Waals surface area contributed by atoms with Crippen molar-refractivity contribution in [2.75, 3.05) is 10.8 Å². The van der Waals surface area contributed by atoms with Gasteiger partial charge in [0.2, 0.25) is 5.91 Å². The molecular formula is C15H9ClF3NOS. The first-order chi connectivity index (χ1) is 10.4. The zero-order valence-corrected chi connectivity index (χ0v) is 12.6. The molecule has 0 aromatic heterocycles. The molecule has 22 heavy (non-hydrogen) atoms. The Hall–Kier alpha value is -1.66. The van der Waals surface area contributed by atoms with E-state index in [1.165, 1.54) is 22.7 Å². The number of anilines is 2. The Morgan fingerprint density at radius 2 is 1.77 bits per heavy atom. The molecule has 1 heterocycles. The summed E-state index contributed by atoms with van der Waals surface area (Å²) in [5.74, 6) is -0.774. The molecule has 114 valence electrons. The highest BCUT2D eigenvalue weighted by Crippen LogP contribution is 2.49. The number of benzene rings is 2. The fourth-order valence-electron chi connectivity index (χ4n) is 2.26. The molecule has 1 aliphatic rings. The molecule has 2 aromatic carbocycles. The van der Waals surface area contributed by atoms with Crippen LogP contribution in [0.1, 0.15) is 5.56 Å². The van der Waals surface area contributed by atoms with Crippen molar-refractivity contribution < 1.29 is 18.0 Å². The van der Waals surface area contributed by atoms with Crippen LogP contribution < -0.4 is 4.90 Å². The summed E-state index contributed by atoms with van der Waals surface area (Å²) in [6, 6.07) is 10.4. The van der Waals surface area contributed by atoms with Gasteiger partial charge in [-0.25, -0.2) is 0 Å². The minimum absolute atomic E-state index is 0.212. The molecule has 0 atom stereocenters. The van der Waals surface area contributed by atoms with Crippen molar-refractivity contribution in [3.63, 3.8) is 0 Å². The third kappa shape index (κ3) is 2.57. The molecule has 1 amide bonds. The predicted molar refractivity (Wildman–Crippen MR) is 79.9 cm³/mol. The van der Waals surface area contributed by atoms with Gasteiger partial charge in [0.05, 0.1) is 16.9 Å². The summed E-state index contributed by atoms with van der Waals surface area (Å²) >= 11 is 6.96. The number of fused-ring (bicyclic) bond motifs is 2. The lowest BCUT2D eigenvalue weighted by atomic mass is 10.1. The van der Waals surface area contributed by atoms with Crippen LogP contribution in [-0.2, 0) is 11.0 Å². The highest BCUT2D eigenvalue weighted by molar-refractivity contribution is 7.99. The van der Waals surface area contributed by atoms with Crippen molar-refractivity contribution in [3.8, 4) is 0 Å². The van der Waals surface area contributed by atoms with Crippen LogP contribution in [0.3, 0.4) is 0 Å². The SMILES string of the molecule is O=C(CCl)N1c2ccccc2Sc2ccc(C(F)(F)F)cc21. The molecule has 0 unspecified atom stereocenters. The molecule has 0 fully saturated rings. The molecule has 0 N–H and O–H groups in total. The minimum Gasteiger partial charge on any atom is -0.278 e. The van der Waals surface area contributed by atoms with Gasteiger partial charge in [0.1, 0.15) is 5.88 Å². The second-order valence-corrected chi connectivity index (χ2v) is 5.96. The van der Waals surface area contributed by atoms with Gasteiger partial charge in [-0.2, -0.15) is 13.2 Å². The van der Waals surface area contributed by atoms with Gasteiger partial charge in [-0.05, 0) is 30.3 Å². The van der Waals surface area contributed by atoms with Crippen molar-refractivity contribution in [3.05, 3.63) is 48.0 Å². The number of carbonyl (C=O) groups is 1. The molecule has 0 radical (unpaired) electrons. The molecule has 2 aromatic rings. The van der Waals surface area contributed by atoms with E-state index in [2.05, 4.69) is 0 Å². The standard InChI is InChI=1S/C15H9ClF3NOS/c16-8-14(21)20-10-3-1-2-4-12(10)22-13-6-5-9(7-11(13)20)15(17,18)19/h1-7H,8H2. The van der Waals surface area contributed by atoms with Gasteiger partial charge in [0.15, 0.2) is 0 Å². The van der Waals surface area contributed by atoms with Gasteiger partial charge in [-0.1, -0.05) is 23.9 Å². The van der Waals surface area contributed by atoms with Crippen molar-refractivity contribution in [2.24, 2.45) is 0 Å². The van der Waals surface area contributed by atoms with Gasteiger partial charge in [-0.15, -0.1) is 11.6 Å². The average molecular weight is 344 g/mol. The number of nitrogens with zero attached hydrogens (tertiary/aromatic N) is 1. The van der Waals surface area contributed by atoms with E-state index in [-0.39, 0.29) is 11.6 Å². The molecule has 0 aliphatic carbocycles. The number of carbonyl (C=O) groups excluding carboxylic acids is 1. The van der Waals surface area contributed by atoms with Crippen LogP contribution in [0, 0.1) is 0 Å². The third-order valence-electron chi connectivity index (χ3n) is 3.22. The fraction of sp³-hybridized carbons (Fsp3) is 0.133. The summed E-state index contributed by atoms with van der Waals surface area (Å²) < 4.78 is 38.8. The van der Waals surface area contributed by atoms with Gasteiger partial charge in [0.25, 0.3) is 0 Å². The maximum Gasteiger partial charge on any atom is 0.416 e. The van der Waals surface area contributed by atoms with E-state index in [0.717, 1.165) is 17.0 Å². The average Bonchev–Trinajstić information content (AvgIpc) is 2.50. The van der Waals surface area contributed by atoms with Crippen LogP contribution in [0.5, 0.6) is 0 Å². The van der Waals surface area contributed by atoms with Crippen LogP contribution >= 0.6 is 23.4 Å². The van der Waals surface area contributed by atoms with Crippen LogP contribution in [0.15, 0.2) is 52.3 Å². The smallest absolute Gasteiger partial charge is 0.278 e. The van der Waals surface area contributed by atoms with Crippen molar-refractivity contribution in [1.29, 1.82) is 0 Å². The van der Waals surface area contributed by atoms with E-state index in [4.69, 9.17) is 11.6 Å². The number of hydrogen-bond donors (Lipinski definition) is 0. The van der Waals surface area contributed by atoms with Gasteiger partial charge >= 0.3 is 6.18 Å². The Morgan fingerprint density at radius 1 is 1.09 bits per heavy atom. The summed E-state index contributed by atoms with van der Waals surface area (Å²) in [7, 11) is 0. The molecule has 7 heteroatoms. The first-order valence-corrected chi connectivity index (χ1v) is 7.64. The van der Waals surface area contributed by atoms with E-state index >= 15 is 0 Å². The maximum absolute atomic E-state index is 12.9. The highest BCUT2D eigenvalue weighted by atomic mass is 35.5. The summed E-state index contributed by atoms with van der Waals surface area (Å²) in [6.45, 7) is 0. The van der Waals surface area contributed by atoms with Crippen molar-refractivity contribution >= 4 is 40.6 Å². The number of para-hydroxylation sites is 1. The number of alkyl halides is 4. The maximum atomic E-state index is 12.9. The lowest BCUT2D eigenvalue weighted by molar-refractivity contribution is -0.137. The summed E-state index contributed by atoms with van der Waals surface area (Å²) in [5.41, 5.74) is -0.0345.